The lowest BCUT2D eigenvalue weighted by Crippen LogP contribution is -1.94. The van der Waals surface area contributed by atoms with Crippen LogP contribution in [0.15, 0.2) is 182 Å². The summed E-state index contributed by atoms with van der Waals surface area (Å²) in [5.41, 5.74) is 12.6. The Labute approximate surface area is 336 Å². The molecule has 0 atom stereocenters. The van der Waals surface area contributed by atoms with Gasteiger partial charge in [-0.2, -0.15) is 0 Å². The summed E-state index contributed by atoms with van der Waals surface area (Å²) in [7, 11) is 0. The summed E-state index contributed by atoms with van der Waals surface area (Å²) in [6.45, 7) is 6.33. The van der Waals surface area contributed by atoms with Crippen molar-refractivity contribution >= 4 is 86.7 Å². The number of fused-ring (bicyclic) bond motifs is 11. The Kier molecular flexibility index (Phi) is 7.22. The van der Waals surface area contributed by atoms with Gasteiger partial charge in [0.15, 0.2) is 0 Å². The molecule has 0 bridgehead atoms. The van der Waals surface area contributed by atoms with Crippen molar-refractivity contribution in [1.82, 2.24) is 9.13 Å². The van der Waals surface area contributed by atoms with Crippen molar-refractivity contribution < 1.29 is 0 Å². The van der Waals surface area contributed by atoms with Crippen molar-refractivity contribution in [2.24, 2.45) is 0 Å². The lowest BCUT2D eigenvalue weighted by Gasteiger charge is -2.19. The molecule has 0 fully saturated rings. The number of aryl methyl sites for hydroxylation is 2. The molecule has 2 aromatic heterocycles. The third kappa shape index (κ3) is 4.66. The van der Waals surface area contributed by atoms with Gasteiger partial charge in [-0.05, 0) is 127 Å². The minimum absolute atomic E-state index is 0.914. The van der Waals surface area contributed by atoms with Crippen LogP contribution in [0.3, 0.4) is 0 Å². The van der Waals surface area contributed by atoms with E-state index in [2.05, 4.69) is 205 Å². The number of nitrogens with zero attached hydrogens (tertiary/aromatic N) is 2. The van der Waals surface area contributed by atoms with Gasteiger partial charge in [-0.15, -0.1) is 0 Å². The number of para-hydroxylation sites is 2. The van der Waals surface area contributed by atoms with E-state index in [1.807, 2.05) is 0 Å². The lowest BCUT2D eigenvalue weighted by atomic mass is 9.84. The van der Waals surface area contributed by atoms with Crippen molar-refractivity contribution in [3.8, 4) is 33.4 Å². The van der Waals surface area contributed by atoms with Crippen LogP contribution in [-0.4, -0.2) is 9.13 Å². The van der Waals surface area contributed by atoms with Crippen LogP contribution < -0.4 is 0 Å². The summed E-state index contributed by atoms with van der Waals surface area (Å²) in [5, 5.41) is 15.4. The molecule has 2 heteroatoms. The second-order valence-electron chi connectivity index (χ2n) is 15.7. The molecule has 0 spiro atoms. The van der Waals surface area contributed by atoms with Crippen LogP contribution in [0.4, 0.5) is 0 Å². The largest absolute Gasteiger partial charge is 0.341 e. The van der Waals surface area contributed by atoms with E-state index in [0.717, 1.165) is 13.1 Å². The molecule has 58 heavy (non-hydrogen) atoms. The predicted molar refractivity (Wildman–Crippen MR) is 250 cm³/mol. The molecule has 274 valence electrons. The van der Waals surface area contributed by atoms with Gasteiger partial charge in [-0.25, -0.2) is 0 Å². The smallest absolute Gasteiger partial charge is 0.0497 e. The second-order valence-corrected chi connectivity index (χ2v) is 15.7. The minimum Gasteiger partial charge on any atom is -0.341 e. The highest BCUT2D eigenvalue weighted by Gasteiger charge is 2.20. The topological polar surface area (TPSA) is 9.86 Å². The Morgan fingerprint density at radius 3 is 1.29 bits per heavy atom. The molecule has 0 aliphatic heterocycles. The van der Waals surface area contributed by atoms with Crippen LogP contribution >= 0.6 is 0 Å². The zero-order valence-corrected chi connectivity index (χ0v) is 32.6. The van der Waals surface area contributed by atoms with E-state index in [4.69, 9.17) is 0 Å². The Morgan fingerprint density at radius 1 is 0.293 bits per heavy atom. The first kappa shape index (κ1) is 33.0. The van der Waals surface area contributed by atoms with Gasteiger partial charge in [0, 0.05) is 56.7 Å². The lowest BCUT2D eigenvalue weighted by molar-refractivity contribution is 0.827. The van der Waals surface area contributed by atoms with Gasteiger partial charge in [-0.1, -0.05) is 146 Å². The maximum atomic E-state index is 2.49. The summed E-state index contributed by atoms with van der Waals surface area (Å²) in [6, 6.07) is 68.4. The molecule has 0 saturated carbocycles. The fourth-order valence-electron chi connectivity index (χ4n) is 10.3. The summed E-state index contributed by atoms with van der Waals surface area (Å²) >= 11 is 0. The third-order valence-corrected chi connectivity index (χ3v) is 12.9. The Morgan fingerprint density at radius 2 is 0.741 bits per heavy atom. The normalized spacial score (nSPS) is 12.1. The van der Waals surface area contributed by atoms with E-state index in [9.17, 15) is 0 Å². The zero-order valence-electron chi connectivity index (χ0n) is 32.6. The molecule has 12 rings (SSSR count). The number of benzene rings is 10. The molecular formula is C56H40N2. The number of rotatable bonds is 5. The Hall–Kier alpha value is -7.16. The van der Waals surface area contributed by atoms with Crippen molar-refractivity contribution in [3.05, 3.63) is 182 Å². The second kappa shape index (κ2) is 12.7. The van der Waals surface area contributed by atoms with Crippen LogP contribution in [0.5, 0.6) is 0 Å². The van der Waals surface area contributed by atoms with Gasteiger partial charge in [0.2, 0.25) is 0 Å². The fraction of sp³-hybridized carbons (Fsp3) is 0.0714. The monoisotopic (exact) mass is 740 g/mol. The van der Waals surface area contributed by atoms with E-state index in [-0.39, 0.29) is 0 Å². The maximum absolute atomic E-state index is 2.49. The van der Waals surface area contributed by atoms with Gasteiger partial charge in [0.1, 0.15) is 0 Å². The van der Waals surface area contributed by atoms with E-state index >= 15 is 0 Å². The van der Waals surface area contributed by atoms with Crippen LogP contribution in [-0.2, 0) is 13.1 Å². The van der Waals surface area contributed by atoms with E-state index in [0.29, 0.717) is 0 Å². The first-order valence-corrected chi connectivity index (χ1v) is 20.6. The molecule has 0 aliphatic rings. The third-order valence-electron chi connectivity index (χ3n) is 12.9. The summed E-state index contributed by atoms with van der Waals surface area (Å²) in [5.74, 6) is 0. The molecule has 0 unspecified atom stereocenters. The van der Waals surface area contributed by atoms with Crippen LogP contribution in [0.25, 0.3) is 120 Å². The standard InChI is InChI=1S/C56H40N2/c1-3-57-52-25-11-9-19-43(52)45-29-27-36(32-54(45)57)39-21-13-23-47-49(39)34-50-40(37-28-30-46-44-20-10-12-26-53(44)58(4-2)55(46)33-37)22-14-24-48(50)56(47)51-31-35-15-5-6-16-38(35)41-17-7-8-18-42(41)51/h5-34H,3-4H2,1-2H3. The van der Waals surface area contributed by atoms with Gasteiger partial charge < -0.3 is 9.13 Å². The quantitative estimate of drug-likeness (QED) is 0.123. The van der Waals surface area contributed by atoms with Crippen molar-refractivity contribution in [2.75, 3.05) is 0 Å². The van der Waals surface area contributed by atoms with E-state index in [1.54, 1.807) is 0 Å². The zero-order chi connectivity index (χ0) is 38.5. The van der Waals surface area contributed by atoms with Crippen LogP contribution in [0.1, 0.15) is 13.8 Å². The molecule has 0 amide bonds. The molecule has 0 saturated heterocycles. The Bertz CT molecular complexity index is 3470. The van der Waals surface area contributed by atoms with Gasteiger partial charge in [0.25, 0.3) is 0 Å². The first-order valence-electron chi connectivity index (χ1n) is 20.6. The SMILES string of the molecule is CCn1c2ccccc2c2ccc(-c3cccc4c(-c5cc6ccccc6c6ccccc56)c5cccc(-c6ccc7c8ccccc8n(CC)c7c6)c5cc34)cc21. The van der Waals surface area contributed by atoms with Gasteiger partial charge >= 0.3 is 0 Å². The highest BCUT2D eigenvalue weighted by atomic mass is 15.0. The minimum atomic E-state index is 0.914. The number of hydrogen-bond acceptors (Lipinski definition) is 0. The Balaban J connectivity index is 1.20. The molecule has 0 aliphatic carbocycles. The summed E-state index contributed by atoms with van der Waals surface area (Å²) < 4.78 is 4.93. The van der Waals surface area contributed by atoms with Crippen LogP contribution in [0, 0.1) is 0 Å². The van der Waals surface area contributed by atoms with E-state index in [1.165, 1.54) is 120 Å². The average Bonchev–Trinajstić information content (AvgIpc) is 3.78. The van der Waals surface area contributed by atoms with Crippen molar-refractivity contribution in [3.63, 3.8) is 0 Å². The van der Waals surface area contributed by atoms with Gasteiger partial charge in [0.05, 0.1) is 0 Å². The van der Waals surface area contributed by atoms with Gasteiger partial charge in [-0.3, -0.25) is 0 Å². The molecular weight excluding hydrogens is 701 g/mol. The van der Waals surface area contributed by atoms with E-state index < -0.39 is 0 Å². The number of hydrogen-bond donors (Lipinski definition) is 0. The predicted octanol–water partition coefficient (Wildman–Crippen LogP) is 15.6. The van der Waals surface area contributed by atoms with Crippen molar-refractivity contribution in [2.45, 2.75) is 26.9 Å². The molecule has 10 aromatic carbocycles. The highest BCUT2D eigenvalue weighted by Crippen LogP contribution is 2.47. The first-order chi connectivity index (χ1) is 28.7. The molecule has 12 aromatic rings. The number of aromatic nitrogens is 2. The molecule has 0 radical (unpaired) electrons. The average molecular weight is 741 g/mol. The maximum Gasteiger partial charge on any atom is 0.0497 e. The fourth-order valence-corrected chi connectivity index (χ4v) is 10.3. The summed E-state index contributed by atoms with van der Waals surface area (Å²) in [6.07, 6.45) is 0. The molecule has 0 N–H and O–H groups in total. The summed E-state index contributed by atoms with van der Waals surface area (Å²) in [4.78, 5) is 0. The molecule has 2 nitrogen and oxygen atoms in total. The molecule has 2 heterocycles. The highest BCUT2D eigenvalue weighted by molar-refractivity contribution is 6.25. The van der Waals surface area contributed by atoms with Crippen molar-refractivity contribution in [1.29, 1.82) is 0 Å². The van der Waals surface area contributed by atoms with Crippen LogP contribution in [0.2, 0.25) is 0 Å².